The van der Waals surface area contributed by atoms with Crippen molar-refractivity contribution >= 4 is 50.4 Å². The topological polar surface area (TPSA) is 31.6 Å². The second-order valence-electron chi connectivity index (χ2n) is 7.09. The van der Waals surface area contributed by atoms with E-state index in [4.69, 9.17) is 13.7 Å². The van der Waals surface area contributed by atoms with Crippen LogP contribution in [0, 0.1) is 0 Å². The molecule has 0 N–H and O–H groups in total. The number of furan rings is 1. The molecular weight excluding hydrogens is 355 g/mol. The van der Waals surface area contributed by atoms with Crippen LogP contribution in [0.15, 0.2) is 45.3 Å². The molecule has 1 fully saturated rings. The molecule has 3 aromatic rings. The highest BCUT2D eigenvalue weighted by Crippen LogP contribution is 2.37. The molecule has 1 aliphatic heterocycles. The average molecular weight is 373 g/mol. The molecule has 0 spiro atoms. The molecule has 1 saturated heterocycles. The van der Waals surface area contributed by atoms with Crippen molar-refractivity contribution in [3.05, 3.63) is 40.9 Å². The minimum atomic E-state index is -0.360. The van der Waals surface area contributed by atoms with E-state index in [9.17, 15) is 0 Å². The first-order chi connectivity index (χ1) is 10.8. The summed E-state index contributed by atoms with van der Waals surface area (Å²) in [6.45, 7) is 8.26. The second kappa shape index (κ2) is 4.85. The van der Waals surface area contributed by atoms with E-state index in [1.165, 1.54) is 0 Å². The average Bonchev–Trinajstić information content (AvgIpc) is 2.93. The lowest BCUT2D eigenvalue weighted by Gasteiger charge is -2.32. The third kappa shape index (κ3) is 2.33. The molecule has 0 aliphatic carbocycles. The third-order valence-electron chi connectivity index (χ3n) is 4.98. The van der Waals surface area contributed by atoms with E-state index in [1.54, 1.807) is 0 Å². The Kier molecular flexibility index (Phi) is 3.22. The van der Waals surface area contributed by atoms with Gasteiger partial charge in [0.25, 0.3) is 0 Å². The monoisotopic (exact) mass is 372 g/mol. The molecular formula is C18H18BBrO3. The van der Waals surface area contributed by atoms with Crippen molar-refractivity contribution in [3.8, 4) is 0 Å². The first-order valence-corrected chi connectivity index (χ1v) is 8.53. The van der Waals surface area contributed by atoms with Gasteiger partial charge in [-0.2, -0.15) is 0 Å². The van der Waals surface area contributed by atoms with Gasteiger partial charge in [-0.1, -0.05) is 28.1 Å². The Balaban J connectivity index is 1.83. The van der Waals surface area contributed by atoms with Gasteiger partial charge in [-0.25, -0.2) is 0 Å². The maximum absolute atomic E-state index is 6.15. The number of hydrogen-bond donors (Lipinski definition) is 0. The van der Waals surface area contributed by atoms with Crippen LogP contribution in [-0.2, 0) is 9.31 Å². The Hall–Kier alpha value is -1.30. The van der Waals surface area contributed by atoms with Crippen molar-refractivity contribution < 1.29 is 13.7 Å². The predicted octanol–water partition coefficient (Wildman–Crippen LogP) is 4.65. The van der Waals surface area contributed by atoms with E-state index in [-0.39, 0.29) is 18.3 Å². The van der Waals surface area contributed by atoms with Crippen LogP contribution in [0.3, 0.4) is 0 Å². The Morgan fingerprint density at radius 3 is 2.04 bits per heavy atom. The van der Waals surface area contributed by atoms with Gasteiger partial charge in [-0.3, -0.25) is 0 Å². The minimum Gasteiger partial charge on any atom is -0.456 e. The van der Waals surface area contributed by atoms with E-state index < -0.39 is 0 Å². The molecule has 2 heterocycles. The lowest BCUT2D eigenvalue weighted by Crippen LogP contribution is -2.41. The highest BCUT2D eigenvalue weighted by Gasteiger charge is 2.51. The van der Waals surface area contributed by atoms with E-state index in [0.29, 0.717) is 0 Å². The van der Waals surface area contributed by atoms with Gasteiger partial charge in [0.05, 0.1) is 11.2 Å². The number of rotatable bonds is 1. The SMILES string of the molecule is CC1(C)OB(c2ccc3oc4ccc(Br)cc4c3c2)OC1(C)C. The molecule has 0 saturated carbocycles. The summed E-state index contributed by atoms with van der Waals surface area (Å²) in [5.74, 6) is 0. The van der Waals surface area contributed by atoms with E-state index in [2.05, 4.69) is 55.8 Å². The van der Waals surface area contributed by atoms with Gasteiger partial charge in [0, 0.05) is 15.2 Å². The standard InChI is InChI=1S/C18H18BBrO3/c1-17(2)18(3,4)23-19(22-17)11-5-7-15-13(9-11)14-10-12(20)6-8-16(14)21-15/h5-10H,1-4H3. The molecule has 0 unspecified atom stereocenters. The highest BCUT2D eigenvalue weighted by molar-refractivity contribution is 9.10. The van der Waals surface area contributed by atoms with Gasteiger partial charge >= 0.3 is 7.12 Å². The van der Waals surface area contributed by atoms with Crippen LogP contribution in [-0.4, -0.2) is 18.3 Å². The maximum Gasteiger partial charge on any atom is 0.494 e. The zero-order chi connectivity index (χ0) is 16.4. The Morgan fingerprint density at radius 1 is 0.826 bits per heavy atom. The largest absolute Gasteiger partial charge is 0.494 e. The van der Waals surface area contributed by atoms with Crippen LogP contribution in [0.4, 0.5) is 0 Å². The second-order valence-corrected chi connectivity index (χ2v) is 8.00. The summed E-state index contributed by atoms with van der Waals surface area (Å²) < 4.78 is 19.2. The van der Waals surface area contributed by atoms with Gasteiger partial charge in [-0.15, -0.1) is 0 Å². The summed E-state index contributed by atoms with van der Waals surface area (Å²) in [6, 6.07) is 12.2. The quantitative estimate of drug-likeness (QED) is 0.583. The first-order valence-electron chi connectivity index (χ1n) is 7.74. The lowest BCUT2D eigenvalue weighted by atomic mass is 9.78. The zero-order valence-corrected chi connectivity index (χ0v) is 15.2. The van der Waals surface area contributed by atoms with Crippen LogP contribution in [0.25, 0.3) is 21.9 Å². The van der Waals surface area contributed by atoms with Crippen LogP contribution in [0.5, 0.6) is 0 Å². The summed E-state index contributed by atoms with van der Waals surface area (Å²) in [6.07, 6.45) is 0. The zero-order valence-electron chi connectivity index (χ0n) is 13.6. The fourth-order valence-electron chi connectivity index (χ4n) is 2.89. The summed E-state index contributed by atoms with van der Waals surface area (Å²) >= 11 is 3.53. The van der Waals surface area contributed by atoms with Crippen LogP contribution in [0.2, 0.25) is 0 Å². The Bertz CT molecular complexity index is 897. The maximum atomic E-state index is 6.15. The number of hydrogen-bond acceptors (Lipinski definition) is 3. The van der Waals surface area contributed by atoms with Gasteiger partial charge < -0.3 is 13.7 Å². The number of fused-ring (bicyclic) bond motifs is 3. The van der Waals surface area contributed by atoms with Gasteiger partial charge in [0.2, 0.25) is 0 Å². The van der Waals surface area contributed by atoms with E-state index in [0.717, 1.165) is 31.9 Å². The fraction of sp³-hybridized carbons (Fsp3) is 0.333. The summed E-state index contributed by atoms with van der Waals surface area (Å²) in [7, 11) is -0.360. The first kappa shape index (κ1) is 15.2. The van der Waals surface area contributed by atoms with Crippen molar-refractivity contribution in [1.29, 1.82) is 0 Å². The van der Waals surface area contributed by atoms with Crippen molar-refractivity contribution in [2.45, 2.75) is 38.9 Å². The van der Waals surface area contributed by atoms with Gasteiger partial charge in [-0.05, 0) is 57.4 Å². The van der Waals surface area contributed by atoms with Crippen molar-refractivity contribution in [2.75, 3.05) is 0 Å². The molecule has 5 heteroatoms. The molecule has 0 radical (unpaired) electrons. The molecule has 0 bridgehead atoms. The third-order valence-corrected chi connectivity index (χ3v) is 5.47. The van der Waals surface area contributed by atoms with Crippen molar-refractivity contribution in [1.82, 2.24) is 0 Å². The molecule has 1 aromatic heterocycles. The minimum absolute atomic E-state index is 0.339. The fourth-order valence-corrected chi connectivity index (χ4v) is 3.25. The molecule has 1 aliphatic rings. The number of benzene rings is 2. The summed E-state index contributed by atoms with van der Waals surface area (Å²) in [5, 5.41) is 2.17. The van der Waals surface area contributed by atoms with Gasteiger partial charge in [0.1, 0.15) is 11.2 Å². The molecule has 3 nitrogen and oxygen atoms in total. The molecule has 0 atom stereocenters. The Morgan fingerprint density at radius 2 is 1.39 bits per heavy atom. The van der Waals surface area contributed by atoms with Crippen molar-refractivity contribution in [3.63, 3.8) is 0 Å². The molecule has 118 valence electrons. The number of halogens is 1. The smallest absolute Gasteiger partial charge is 0.456 e. The van der Waals surface area contributed by atoms with E-state index in [1.807, 2.05) is 24.3 Å². The highest BCUT2D eigenvalue weighted by atomic mass is 79.9. The van der Waals surface area contributed by atoms with Crippen molar-refractivity contribution in [2.24, 2.45) is 0 Å². The van der Waals surface area contributed by atoms with Crippen LogP contribution in [0.1, 0.15) is 27.7 Å². The molecule has 2 aromatic carbocycles. The van der Waals surface area contributed by atoms with E-state index >= 15 is 0 Å². The lowest BCUT2D eigenvalue weighted by molar-refractivity contribution is 0.00578. The molecule has 23 heavy (non-hydrogen) atoms. The molecule has 0 amide bonds. The van der Waals surface area contributed by atoms with Crippen LogP contribution < -0.4 is 5.46 Å². The summed E-state index contributed by atoms with van der Waals surface area (Å²) in [5.41, 5.74) is 2.09. The Labute approximate surface area is 144 Å². The van der Waals surface area contributed by atoms with Gasteiger partial charge in [0.15, 0.2) is 0 Å². The van der Waals surface area contributed by atoms with Crippen LogP contribution >= 0.6 is 15.9 Å². The predicted molar refractivity (Wildman–Crippen MR) is 97.1 cm³/mol. The normalized spacial score (nSPS) is 19.8. The molecule has 4 rings (SSSR count). The summed E-state index contributed by atoms with van der Waals surface area (Å²) in [4.78, 5) is 0.